The highest BCUT2D eigenvalue weighted by Gasteiger charge is 2.32. The molecule has 2 aliphatic rings. The highest BCUT2D eigenvalue weighted by atomic mass is 19.4. The van der Waals surface area contributed by atoms with Crippen molar-refractivity contribution in [3.8, 4) is 11.5 Å². The summed E-state index contributed by atoms with van der Waals surface area (Å²) >= 11 is 0. The van der Waals surface area contributed by atoms with Gasteiger partial charge in [0.2, 0.25) is 0 Å². The van der Waals surface area contributed by atoms with E-state index < -0.39 is 18.0 Å². The van der Waals surface area contributed by atoms with Crippen molar-refractivity contribution in [3.63, 3.8) is 0 Å². The van der Waals surface area contributed by atoms with E-state index in [4.69, 9.17) is 4.74 Å². The molecule has 0 aromatic heterocycles. The fourth-order valence-corrected chi connectivity index (χ4v) is 5.15. The molecule has 7 nitrogen and oxygen atoms in total. The number of Topliss-reactive ketones (excluding diaryl/α,β-unsaturated/α-hetero) is 1. The number of carbonyl (C=O) groups is 2. The summed E-state index contributed by atoms with van der Waals surface area (Å²) in [5, 5.41) is 2.51. The maximum absolute atomic E-state index is 12.5. The molecule has 2 aromatic rings. The van der Waals surface area contributed by atoms with Crippen LogP contribution in [0.4, 0.5) is 18.9 Å². The number of amides is 1. The van der Waals surface area contributed by atoms with E-state index in [1.807, 2.05) is 12.1 Å². The molecular formula is C27H32F3N3O4. The third-order valence-corrected chi connectivity index (χ3v) is 7.03. The standard InChI is InChI=1S/C27H32F3N3O4/c1-36-24-7-5-21(6-8-24)32-13-10-22(11-14-32)33-12-9-19(18-33)15-23(34)17-31-26(35)20-3-2-4-25(16-20)37-27(28,29)30/h2-8,16,19,22H,9-15,17-18H2,1H3,(H,31,35)/t19-/m0/s1. The van der Waals surface area contributed by atoms with Crippen LogP contribution in [0, 0.1) is 5.92 Å². The van der Waals surface area contributed by atoms with Crippen molar-refractivity contribution in [3.05, 3.63) is 54.1 Å². The minimum atomic E-state index is -4.84. The Hall–Kier alpha value is -3.27. The number of rotatable bonds is 9. The first-order valence-electron chi connectivity index (χ1n) is 12.5. The van der Waals surface area contributed by atoms with E-state index in [-0.39, 0.29) is 23.8 Å². The molecule has 0 unspecified atom stereocenters. The molecule has 0 radical (unpaired) electrons. The van der Waals surface area contributed by atoms with Crippen LogP contribution in [0.15, 0.2) is 48.5 Å². The Bertz CT molecular complexity index is 1070. The van der Waals surface area contributed by atoms with Gasteiger partial charge in [-0.2, -0.15) is 0 Å². The van der Waals surface area contributed by atoms with Gasteiger partial charge in [-0.1, -0.05) is 6.07 Å². The Morgan fingerprint density at radius 1 is 1.00 bits per heavy atom. The van der Waals surface area contributed by atoms with E-state index >= 15 is 0 Å². The van der Waals surface area contributed by atoms with Gasteiger partial charge in [0.05, 0.1) is 13.7 Å². The van der Waals surface area contributed by atoms with Crippen molar-refractivity contribution in [2.75, 3.05) is 44.7 Å². The Balaban J connectivity index is 1.18. The van der Waals surface area contributed by atoms with Crippen LogP contribution in [0.25, 0.3) is 0 Å². The summed E-state index contributed by atoms with van der Waals surface area (Å²) in [6.07, 6.45) is -1.39. The monoisotopic (exact) mass is 519 g/mol. The minimum absolute atomic E-state index is 0.00238. The van der Waals surface area contributed by atoms with E-state index in [1.165, 1.54) is 17.8 Å². The molecule has 4 rings (SSSR count). The Kier molecular flexibility index (Phi) is 8.58. The minimum Gasteiger partial charge on any atom is -0.497 e. The van der Waals surface area contributed by atoms with Gasteiger partial charge < -0.3 is 19.7 Å². The smallest absolute Gasteiger partial charge is 0.497 e. The van der Waals surface area contributed by atoms with E-state index in [2.05, 4.69) is 32.0 Å². The van der Waals surface area contributed by atoms with Gasteiger partial charge in [-0.05, 0) is 74.2 Å². The predicted octanol–water partition coefficient (Wildman–Crippen LogP) is 4.27. The van der Waals surface area contributed by atoms with E-state index in [0.717, 1.165) is 63.3 Å². The third kappa shape index (κ3) is 7.61. The van der Waals surface area contributed by atoms with E-state index in [0.29, 0.717) is 12.5 Å². The Morgan fingerprint density at radius 3 is 2.41 bits per heavy atom. The summed E-state index contributed by atoms with van der Waals surface area (Å²) < 4.78 is 46.3. The van der Waals surface area contributed by atoms with Gasteiger partial charge in [0, 0.05) is 43.3 Å². The third-order valence-electron chi connectivity index (χ3n) is 7.03. The summed E-state index contributed by atoms with van der Waals surface area (Å²) in [5.41, 5.74) is 1.20. The molecule has 1 N–H and O–H groups in total. The molecule has 2 aromatic carbocycles. The van der Waals surface area contributed by atoms with Crippen LogP contribution < -0.4 is 19.7 Å². The number of carbonyl (C=O) groups excluding carboxylic acids is 2. The van der Waals surface area contributed by atoms with Gasteiger partial charge in [0.1, 0.15) is 11.5 Å². The number of benzene rings is 2. The number of nitrogens with zero attached hydrogens (tertiary/aromatic N) is 2. The zero-order valence-electron chi connectivity index (χ0n) is 20.8. The molecule has 2 heterocycles. The predicted molar refractivity (Wildman–Crippen MR) is 133 cm³/mol. The Morgan fingerprint density at radius 2 is 1.73 bits per heavy atom. The van der Waals surface area contributed by atoms with Crippen LogP contribution in [0.1, 0.15) is 36.0 Å². The molecule has 0 saturated carbocycles. The number of alkyl halides is 3. The first-order chi connectivity index (χ1) is 17.7. The second-order valence-electron chi connectivity index (χ2n) is 9.57. The zero-order valence-corrected chi connectivity index (χ0v) is 20.8. The normalized spacial score (nSPS) is 19.0. The quantitative estimate of drug-likeness (QED) is 0.534. The fraction of sp³-hybridized carbons (Fsp3) is 0.481. The van der Waals surface area contributed by atoms with Gasteiger partial charge >= 0.3 is 6.36 Å². The van der Waals surface area contributed by atoms with Gasteiger partial charge in [-0.3, -0.25) is 14.5 Å². The van der Waals surface area contributed by atoms with Crippen molar-refractivity contribution in [2.45, 2.75) is 38.1 Å². The highest BCUT2D eigenvalue weighted by molar-refractivity contribution is 5.97. The summed E-state index contributed by atoms with van der Waals surface area (Å²) in [5.74, 6) is -0.0876. The zero-order chi connectivity index (χ0) is 26.4. The number of halogens is 3. The number of hydrogen-bond donors (Lipinski definition) is 1. The molecule has 10 heteroatoms. The maximum Gasteiger partial charge on any atom is 0.573 e. The van der Waals surface area contributed by atoms with E-state index in [9.17, 15) is 22.8 Å². The lowest BCUT2D eigenvalue weighted by Crippen LogP contribution is -2.44. The molecule has 2 fully saturated rings. The number of piperidine rings is 1. The number of hydrogen-bond acceptors (Lipinski definition) is 6. The average Bonchev–Trinajstić information content (AvgIpc) is 3.35. The number of anilines is 1. The first kappa shape index (κ1) is 26.8. The molecule has 2 saturated heterocycles. The molecule has 37 heavy (non-hydrogen) atoms. The average molecular weight is 520 g/mol. The van der Waals surface area contributed by atoms with Crippen LogP contribution in [-0.2, 0) is 4.79 Å². The largest absolute Gasteiger partial charge is 0.573 e. The lowest BCUT2D eigenvalue weighted by atomic mass is 10.0. The SMILES string of the molecule is COc1ccc(N2CCC(N3CC[C@@H](CC(=O)CNC(=O)c4cccc(OC(F)(F)F)c4)C3)CC2)cc1. The molecule has 1 atom stereocenters. The lowest BCUT2D eigenvalue weighted by molar-refractivity contribution is -0.274. The number of ketones is 1. The number of nitrogens with one attached hydrogen (secondary N) is 1. The number of ether oxygens (including phenoxy) is 2. The molecular weight excluding hydrogens is 487 g/mol. The van der Waals surface area contributed by atoms with E-state index in [1.54, 1.807) is 7.11 Å². The second-order valence-corrected chi connectivity index (χ2v) is 9.57. The molecule has 2 aliphatic heterocycles. The molecule has 0 spiro atoms. The van der Waals surface area contributed by atoms with Crippen molar-refractivity contribution < 1.29 is 32.2 Å². The fourth-order valence-electron chi connectivity index (χ4n) is 5.15. The molecule has 200 valence electrons. The van der Waals surface area contributed by atoms with Gasteiger partial charge in [-0.25, -0.2) is 0 Å². The summed E-state index contributed by atoms with van der Waals surface area (Å²) in [6, 6.07) is 13.4. The van der Waals surface area contributed by atoms with Crippen LogP contribution in [-0.4, -0.2) is 68.8 Å². The van der Waals surface area contributed by atoms with Crippen LogP contribution in [0.2, 0.25) is 0 Å². The summed E-state index contributed by atoms with van der Waals surface area (Å²) in [6.45, 7) is 3.64. The van der Waals surface area contributed by atoms with Crippen LogP contribution in [0.5, 0.6) is 11.5 Å². The van der Waals surface area contributed by atoms with Gasteiger partial charge in [0.25, 0.3) is 5.91 Å². The Labute approximate surface area is 214 Å². The molecule has 1 amide bonds. The van der Waals surface area contributed by atoms with Gasteiger partial charge in [0.15, 0.2) is 5.78 Å². The maximum atomic E-state index is 12.5. The highest BCUT2D eigenvalue weighted by Crippen LogP contribution is 2.29. The van der Waals surface area contributed by atoms with Crippen molar-refractivity contribution in [2.24, 2.45) is 5.92 Å². The summed E-state index contributed by atoms with van der Waals surface area (Å²) in [7, 11) is 1.66. The molecule has 0 aliphatic carbocycles. The van der Waals surface area contributed by atoms with Crippen LogP contribution >= 0.6 is 0 Å². The molecule has 0 bridgehead atoms. The number of methoxy groups -OCH3 is 1. The van der Waals surface area contributed by atoms with Crippen molar-refractivity contribution >= 4 is 17.4 Å². The van der Waals surface area contributed by atoms with Crippen molar-refractivity contribution in [1.29, 1.82) is 0 Å². The number of likely N-dealkylation sites (tertiary alicyclic amines) is 1. The summed E-state index contributed by atoms with van der Waals surface area (Å²) in [4.78, 5) is 29.7. The van der Waals surface area contributed by atoms with Crippen LogP contribution in [0.3, 0.4) is 0 Å². The topological polar surface area (TPSA) is 71.1 Å². The second kappa shape index (κ2) is 11.9. The first-order valence-corrected chi connectivity index (χ1v) is 12.5. The lowest BCUT2D eigenvalue weighted by Gasteiger charge is -2.38. The van der Waals surface area contributed by atoms with Crippen molar-refractivity contribution in [1.82, 2.24) is 10.2 Å². The van der Waals surface area contributed by atoms with Gasteiger partial charge in [-0.15, -0.1) is 13.2 Å².